The van der Waals surface area contributed by atoms with E-state index in [1.54, 1.807) is 18.2 Å². The van der Waals surface area contributed by atoms with Crippen LogP contribution in [0.2, 0.25) is 5.02 Å². The Balaban J connectivity index is 1.97. The number of benzene rings is 2. The van der Waals surface area contributed by atoms with Gasteiger partial charge in [0.2, 0.25) is 0 Å². The van der Waals surface area contributed by atoms with E-state index in [1.165, 1.54) is 7.11 Å². The lowest BCUT2D eigenvalue weighted by molar-refractivity contribution is 0.0916. The van der Waals surface area contributed by atoms with E-state index in [-0.39, 0.29) is 11.9 Å². The first-order chi connectivity index (χ1) is 11.0. The Morgan fingerprint density at radius 3 is 2.61 bits per heavy atom. The molecule has 0 aliphatic heterocycles. The highest BCUT2D eigenvalue weighted by Gasteiger charge is 2.16. The third-order valence-corrected chi connectivity index (χ3v) is 3.86. The van der Waals surface area contributed by atoms with Gasteiger partial charge in [-0.25, -0.2) is 0 Å². The molecule has 2 N–H and O–H groups in total. The van der Waals surface area contributed by atoms with Crippen molar-refractivity contribution in [2.75, 3.05) is 7.11 Å². The summed E-state index contributed by atoms with van der Waals surface area (Å²) in [5.41, 5.74) is 1.30. The second-order valence-electron chi connectivity index (χ2n) is 5.39. The Morgan fingerprint density at radius 2 is 1.96 bits per heavy atom. The average Bonchev–Trinajstić information content (AvgIpc) is 2.55. The van der Waals surface area contributed by atoms with E-state index in [0.29, 0.717) is 22.8 Å². The van der Waals surface area contributed by atoms with Crippen LogP contribution in [0.1, 0.15) is 35.4 Å². The average molecular weight is 334 g/mol. The number of aliphatic hydroxyl groups is 1. The van der Waals surface area contributed by atoms with Crippen LogP contribution in [0.4, 0.5) is 0 Å². The van der Waals surface area contributed by atoms with E-state index < -0.39 is 6.10 Å². The summed E-state index contributed by atoms with van der Waals surface area (Å²) in [5.74, 6) is 0.226. The first-order valence-corrected chi connectivity index (χ1v) is 7.76. The van der Waals surface area contributed by atoms with Gasteiger partial charge in [-0.3, -0.25) is 4.79 Å². The van der Waals surface area contributed by atoms with Gasteiger partial charge in [0.1, 0.15) is 5.75 Å². The summed E-state index contributed by atoms with van der Waals surface area (Å²) in [6.45, 7) is 1.86. The molecule has 2 unspecified atom stereocenters. The minimum atomic E-state index is -0.619. The number of carbonyl (C=O) groups is 1. The monoisotopic (exact) mass is 333 g/mol. The Labute approximate surface area is 141 Å². The van der Waals surface area contributed by atoms with Crippen LogP contribution in [-0.2, 0) is 0 Å². The van der Waals surface area contributed by atoms with E-state index in [9.17, 15) is 9.90 Å². The van der Waals surface area contributed by atoms with E-state index in [1.807, 2.05) is 37.3 Å². The second-order valence-corrected chi connectivity index (χ2v) is 5.79. The topological polar surface area (TPSA) is 58.6 Å². The number of carbonyl (C=O) groups excluding carboxylic acids is 1. The number of hydrogen-bond acceptors (Lipinski definition) is 3. The maximum absolute atomic E-state index is 12.3. The number of ether oxygens (including phenoxy) is 1. The Bertz CT molecular complexity index is 661. The van der Waals surface area contributed by atoms with Crippen LogP contribution in [0, 0.1) is 0 Å². The van der Waals surface area contributed by atoms with Gasteiger partial charge in [0.05, 0.1) is 18.2 Å². The molecule has 5 heteroatoms. The smallest absolute Gasteiger partial charge is 0.251 e. The molecule has 0 heterocycles. The highest BCUT2D eigenvalue weighted by Crippen LogP contribution is 2.25. The SMILES string of the molecule is COc1cc(C(=O)NC(C)CC(O)c2ccccc2)ccc1Cl. The van der Waals surface area contributed by atoms with Gasteiger partial charge in [0.15, 0.2) is 0 Å². The summed E-state index contributed by atoms with van der Waals surface area (Å²) in [6.07, 6.45) is -0.188. The minimum absolute atomic E-state index is 0.181. The molecule has 2 aromatic rings. The summed E-state index contributed by atoms with van der Waals surface area (Å²) in [5, 5.41) is 13.5. The predicted molar refractivity (Wildman–Crippen MR) is 91.0 cm³/mol. The largest absolute Gasteiger partial charge is 0.495 e. The summed E-state index contributed by atoms with van der Waals surface area (Å²) in [7, 11) is 1.50. The van der Waals surface area contributed by atoms with Gasteiger partial charge in [-0.05, 0) is 37.1 Å². The Kier molecular flexibility index (Phi) is 6.02. The molecule has 4 nitrogen and oxygen atoms in total. The summed E-state index contributed by atoms with van der Waals surface area (Å²) >= 11 is 5.95. The van der Waals surface area contributed by atoms with E-state index in [2.05, 4.69) is 5.32 Å². The van der Waals surface area contributed by atoms with E-state index in [0.717, 1.165) is 5.56 Å². The molecular formula is C18H20ClNO3. The molecule has 0 fully saturated rings. The molecule has 0 aliphatic rings. The lowest BCUT2D eigenvalue weighted by Crippen LogP contribution is -2.33. The summed E-state index contributed by atoms with van der Waals surface area (Å²) in [4.78, 5) is 12.3. The number of rotatable bonds is 6. The third-order valence-electron chi connectivity index (χ3n) is 3.55. The predicted octanol–water partition coefficient (Wildman–Crippen LogP) is 3.59. The van der Waals surface area contributed by atoms with Gasteiger partial charge in [-0.15, -0.1) is 0 Å². The number of methoxy groups -OCH3 is 1. The fourth-order valence-corrected chi connectivity index (χ4v) is 2.51. The van der Waals surface area contributed by atoms with Crippen molar-refractivity contribution in [3.8, 4) is 5.75 Å². The van der Waals surface area contributed by atoms with E-state index >= 15 is 0 Å². The molecule has 23 heavy (non-hydrogen) atoms. The van der Waals surface area contributed by atoms with Crippen molar-refractivity contribution in [3.63, 3.8) is 0 Å². The number of halogens is 1. The zero-order valence-electron chi connectivity index (χ0n) is 13.1. The van der Waals surface area contributed by atoms with Gasteiger partial charge in [-0.2, -0.15) is 0 Å². The quantitative estimate of drug-likeness (QED) is 0.849. The van der Waals surface area contributed by atoms with Gasteiger partial charge in [0, 0.05) is 11.6 Å². The number of hydrogen-bond donors (Lipinski definition) is 2. The first-order valence-electron chi connectivity index (χ1n) is 7.38. The summed E-state index contributed by atoms with van der Waals surface area (Å²) in [6, 6.07) is 14.1. The minimum Gasteiger partial charge on any atom is -0.495 e. The molecule has 0 aromatic heterocycles. The molecule has 2 rings (SSSR count). The molecule has 0 aliphatic carbocycles. The lowest BCUT2D eigenvalue weighted by atomic mass is 10.0. The lowest BCUT2D eigenvalue weighted by Gasteiger charge is -2.18. The van der Waals surface area contributed by atoms with Crippen LogP contribution >= 0.6 is 11.6 Å². The van der Waals surface area contributed by atoms with Crippen molar-refractivity contribution in [3.05, 3.63) is 64.7 Å². The van der Waals surface area contributed by atoms with E-state index in [4.69, 9.17) is 16.3 Å². The summed E-state index contributed by atoms with van der Waals surface area (Å²) < 4.78 is 5.11. The zero-order valence-corrected chi connectivity index (χ0v) is 13.9. The molecule has 0 bridgehead atoms. The molecule has 0 spiro atoms. The molecular weight excluding hydrogens is 314 g/mol. The van der Waals surface area contributed by atoms with Gasteiger partial charge >= 0.3 is 0 Å². The number of amides is 1. The molecule has 0 saturated carbocycles. The third kappa shape index (κ3) is 4.71. The molecule has 1 amide bonds. The Hall–Kier alpha value is -2.04. The molecule has 0 saturated heterocycles. The first kappa shape index (κ1) is 17.3. The Morgan fingerprint density at radius 1 is 1.26 bits per heavy atom. The molecule has 2 atom stereocenters. The molecule has 0 radical (unpaired) electrons. The van der Waals surface area contributed by atoms with Gasteiger partial charge < -0.3 is 15.2 Å². The maximum Gasteiger partial charge on any atom is 0.251 e. The van der Waals surface area contributed by atoms with Crippen LogP contribution in [0.15, 0.2) is 48.5 Å². The zero-order chi connectivity index (χ0) is 16.8. The van der Waals surface area contributed by atoms with Crippen molar-refractivity contribution in [1.82, 2.24) is 5.32 Å². The fourth-order valence-electron chi connectivity index (χ4n) is 2.31. The van der Waals surface area contributed by atoms with Gasteiger partial charge in [0.25, 0.3) is 5.91 Å². The molecule has 2 aromatic carbocycles. The van der Waals surface area contributed by atoms with Crippen molar-refractivity contribution in [2.45, 2.75) is 25.5 Å². The maximum atomic E-state index is 12.3. The molecule has 122 valence electrons. The van der Waals surface area contributed by atoms with Crippen molar-refractivity contribution >= 4 is 17.5 Å². The number of aliphatic hydroxyl groups excluding tert-OH is 1. The second kappa shape index (κ2) is 7.99. The van der Waals surface area contributed by atoms with Crippen LogP contribution in [0.3, 0.4) is 0 Å². The fraction of sp³-hybridized carbons (Fsp3) is 0.278. The van der Waals surface area contributed by atoms with Crippen molar-refractivity contribution in [1.29, 1.82) is 0 Å². The normalized spacial score (nSPS) is 13.2. The highest BCUT2D eigenvalue weighted by atomic mass is 35.5. The van der Waals surface area contributed by atoms with Crippen molar-refractivity contribution in [2.24, 2.45) is 0 Å². The van der Waals surface area contributed by atoms with Crippen LogP contribution < -0.4 is 10.1 Å². The van der Waals surface area contributed by atoms with Crippen molar-refractivity contribution < 1.29 is 14.6 Å². The van der Waals surface area contributed by atoms with Crippen LogP contribution in [0.5, 0.6) is 5.75 Å². The van der Waals surface area contributed by atoms with Crippen LogP contribution in [0.25, 0.3) is 0 Å². The van der Waals surface area contributed by atoms with Gasteiger partial charge in [-0.1, -0.05) is 41.9 Å². The number of nitrogens with one attached hydrogen (secondary N) is 1. The standard InChI is InChI=1S/C18H20ClNO3/c1-12(10-16(21)13-6-4-3-5-7-13)20-18(22)14-8-9-15(19)17(11-14)23-2/h3-9,11-12,16,21H,10H2,1-2H3,(H,20,22). The highest BCUT2D eigenvalue weighted by molar-refractivity contribution is 6.32. The van der Waals surface area contributed by atoms with Crippen LogP contribution in [-0.4, -0.2) is 24.2 Å².